The number of nitrogens with two attached hydrogens (primary N) is 2. The van der Waals surface area contributed by atoms with Crippen molar-refractivity contribution < 1.29 is 9.13 Å². The lowest BCUT2D eigenvalue weighted by molar-refractivity contribution is 0.238. The van der Waals surface area contributed by atoms with Crippen molar-refractivity contribution in [2.45, 2.75) is 26.0 Å². The Hall–Kier alpha value is -2.11. The summed E-state index contributed by atoms with van der Waals surface area (Å²) >= 11 is 0. The van der Waals surface area contributed by atoms with Gasteiger partial charge >= 0.3 is 0 Å². The second-order valence-corrected chi connectivity index (χ2v) is 5.08. The van der Waals surface area contributed by atoms with Crippen LogP contribution in [0.15, 0.2) is 42.5 Å². The van der Waals surface area contributed by atoms with E-state index in [1.807, 2.05) is 38.1 Å². The molecule has 21 heavy (non-hydrogen) atoms. The van der Waals surface area contributed by atoms with Gasteiger partial charge in [-0.05, 0) is 38.1 Å². The third-order valence-corrected chi connectivity index (χ3v) is 3.12. The molecule has 0 saturated heterocycles. The van der Waals surface area contributed by atoms with Crippen LogP contribution in [-0.4, -0.2) is 6.10 Å². The van der Waals surface area contributed by atoms with E-state index >= 15 is 0 Å². The molecule has 112 valence electrons. The Morgan fingerprint density at radius 3 is 2.48 bits per heavy atom. The number of nitrogen functional groups attached to an aromatic ring is 1. The lowest BCUT2D eigenvalue weighted by Crippen LogP contribution is -2.30. The smallest absolute Gasteiger partial charge is 0.124 e. The Bertz CT molecular complexity index is 616. The summed E-state index contributed by atoms with van der Waals surface area (Å²) in [5, 5.41) is 0. The lowest BCUT2D eigenvalue weighted by Gasteiger charge is -2.22. The lowest BCUT2D eigenvalue weighted by atomic mass is 9.97. The predicted molar refractivity (Wildman–Crippen MR) is 82.2 cm³/mol. The van der Waals surface area contributed by atoms with Gasteiger partial charge in [0.2, 0.25) is 0 Å². The molecule has 2 rings (SSSR count). The van der Waals surface area contributed by atoms with Crippen LogP contribution in [0.5, 0.6) is 5.75 Å². The molecular weight excluding hydrogens is 269 g/mol. The highest BCUT2D eigenvalue weighted by Gasteiger charge is 2.20. The molecule has 0 heterocycles. The number of halogens is 1. The molecule has 1 unspecified atom stereocenters. The van der Waals surface area contributed by atoms with E-state index in [2.05, 4.69) is 5.43 Å². The fourth-order valence-electron chi connectivity index (χ4n) is 2.22. The highest BCUT2D eigenvalue weighted by Crippen LogP contribution is 2.33. The zero-order valence-electron chi connectivity index (χ0n) is 12.1. The van der Waals surface area contributed by atoms with Crippen LogP contribution in [0.4, 0.5) is 10.1 Å². The van der Waals surface area contributed by atoms with Crippen molar-refractivity contribution in [2.75, 3.05) is 5.73 Å². The topological polar surface area (TPSA) is 73.3 Å². The van der Waals surface area contributed by atoms with E-state index in [9.17, 15) is 4.39 Å². The average molecular weight is 289 g/mol. The van der Waals surface area contributed by atoms with Gasteiger partial charge in [-0.15, -0.1) is 0 Å². The molecule has 2 aromatic rings. The molecule has 0 aliphatic rings. The van der Waals surface area contributed by atoms with Gasteiger partial charge in [0.25, 0.3) is 0 Å². The zero-order valence-corrected chi connectivity index (χ0v) is 12.1. The summed E-state index contributed by atoms with van der Waals surface area (Å²) in [6, 6.07) is 11.3. The van der Waals surface area contributed by atoms with E-state index < -0.39 is 6.04 Å². The number of anilines is 1. The van der Waals surface area contributed by atoms with E-state index in [4.69, 9.17) is 16.3 Å². The summed E-state index contributed by atoms with van der Waals surface area (Å²) in [5.74, 6) is 6.01. The fourth-order valence-corrected chi connectivity index (χ4v) is 2.22. The van der Waals surface area contributed by atoms with Crippen LogP contribution in [0.1, 0.15) is 31.0 Å². The minimum atomic E-state index is -0.448. The van der Waals surface area contributed by atoms with Crippen LogP contribution in [-0.2, 0) is 0 Å². The number of nitrogens with one attached hydrogen (secondary N) is 1. The van der Waals surface area contributed by atoms with Gasteiger partial charge in [-0.25, -0.2) is 9.82 Å². The number of benzene rings is 2. The van der Waals surface area contributed by atoms with Gasteiger partial charge in [-0.2, -0.15) is 0 Å². The van der Waals surface area contributed by atoms with Gasteiger partial charge in [0.1, 0.15) is 11.6 Å². The average Bonchev–Trinajstić information content (AvgIpc) is 2.44. The zero-order chi connectivity index (χ0) is 15.4. The maximum atomic E-state index is 13.5. The quantitative estimate of drug-likeness (QED) is 0.449. The highest BCUT2D eigenvalue weighted by atomic mass is 19.1. The number of hydrogen-bond acceptors (Lipinski definition) is 4. The van der Waals surface area contributed by atoms with E-state index in [1.54, 1.807) is 0 Å². The van der Waals surface area contributed by atoms with Gasteiger partial charge in [0, 0.05) is 16.8 Å². The SMILES string of the molecule is CC(C)Oc1ccccc1C(NN)c1cc(F)ccc1N. The summed E-state index contributed by atoms with van der Waals surface area (Å²) < 4.78 is 19.3. The molecule has 0 fully saturated rings. The van der Waals surface area contributed by atoms with Gasteiger partial charge < -0.3 is 10.5 Å². The van der Waals surface area contributed by atoms with E-state index in [1.165, 1.54) is 18.2 Å². The molecule has 0 saturated carbocycles. The summed E-state index contributed by atoms with van der Waals surface area (Å²) in [7, 11) is 0. The first-order valence-electron chi connectivity index (χ1n) is 6.79. The summed E-state index contributed by atoms with van der Waals surface area (Å²) in [4.78, 5) is 0. The molecule has 0 amide bonds. The Morgan fingerprint density at radius 1 is 1.10 bits per heavy atom. The first-order valence-corrected chi connectivity index (χ1v) is 6.79. The van der Waals surface area contributed by atoms with E-state index in [0.29, 0.717) is 17.0 Å². The van der Waals surface area contributed by atoms with Crippen molar-refractivity contribution in [1.29, 1.82) is 0 Å². The van der Waals surface area contributed by atoms with Crippen molar-refractivity contribution in [3.05, 3.63) is 59.4 Å². The number of hydrazine groups is 1. The minimum absolute atomic E-state index is 0.0226. The second kappa shape index (κ2) is 6.56. The molecule has 4 nitrogen and oxygen atoms in total. The van der Waals surface area contributed by atoms with Crippen LogP contribution < -0.4 is 21.7 Å². The summed E-state index contributed by atoms with van der Waals surface area (Å²) in [5.41, 5.74) is 10.5. The number of hydrogen-bond donors (Lipinski definition) is 3. The Morgan fingerprint density at radius 2 is 1.81 bits per heavy atom. The summed E-state index contributed by atoms with van der Waals surface area (Å²) in [6.45, 7) is 3.89. The van der Waals surface area contributed by atoms with Crippen LogP contribution in [0, 0.1) is 5.82 Å². The standard InChI is InChI=1S/C16H20FN3O/c1-10(2)21-15-6-4-3-5-12(15)16(20-19)13-9-11(17)7-8-14(13)18/h3-10,16,20H,18-19H2,1-2H3. The number of ether oxygens (including phenoxy) is 1. The molecule has 2 aromatic carbocycles. The van der Waals surface area contributed by atoms with Gasteiger partial charge in [0.05, 0.1) is 12.1 Å². The maximum absolute atomic E-state index is 13.5. The van der Waals surface area contributed by atoms with Crippen molar-refractivity contribution in [3.8, 4) is 5.75 Å². The molecule has 5 heteroatoms. The van der Waals surface area contributed by atoms with Crippen molar-refractivity contribution in [2.24, 2.45) is 5.84 Å². The van der Waals surface area contributed by atoms with Crippen LogP contribution >= 0.6 is 0 Å². The third kappa shape index (κ3) is 3.51. The molecule has 1 atom stereocenters. The Kier molecular flexibility index (Phi) is 4.77. The molecule has 0 aromatic heterocycles. The predicted octanol–water partition coefficient (Wildman–Crippen LogP) is 2.75. The van der Waals surface area contributed by atoms with Crippen molar-refractivity contribution >= 4 is 5.69 Å². The molecule has 0 aliphatic heterocycles. The monoisotopic (exact) mass is 289 g/mol. The van der Waals surface area contributed by atoms with E-state index in [-0.39, 0.29) is 11.9 Å². The van der Waals surface area contributed by atoms with Gasteiger partial charge in [-0.3, -0.25) is 5.84 Å². The molecule has 0 spiro atoms. The molecule has 0 aliphatic carbocycles. The third-order valence-electron chi connectivity index (χ3n) is 3.12. The second-order valence-electron chi connectivity index (χ2n) is 5.08. The molecule has 5 N–H and O–H groups in total. The largest absolute Gasteiger partial charge is 0.491 e. The first kappa shape index (κ1) is 15.3. The highest BCUT2D eigenvalue weighted by molar-refractivity contribution is 5.53. The van der Waals surface area contributed by atoms with Gasteiger partial charge in [-0.1, -0.05) is 18.2 Å². The van der Waals surface area contributed by atoms with Crippen LogP contribution in [0.3, 0.4) is 0 Å². The van der Waals surface area contributed by atoms with Crippen molar-refractivity contribution in [1.82, 2.24) is 5.43 Å². The first-order chi connectivity index (χ1) is 10.0. The Balaban J connectivity index is 2.49. The number of rotatable bonds is 5. The molecule has 0 radical (unpaired) electrons. The normalized spacial score (nSPS) is 12.4. The Labute approximate surface area is 123 Å². The number of para-hydroxylation sites is 1. The summed E-state index contributed by atoms with van der Waals surface area (Å²) in [6.07, 6.45) is 0.0226. The van der Waals surface area contributed by atoms with Gasteiger partial charge in [0.15, 0.2) is 0 Å². The van der Waals surface area contributed by atoms with Crippen LogP contribution in [0.2, 0.25) is 0 Å². The fraction of sp³-hybridized carbons (Fsp3) is 0.250. The van der Waals surface area contributed by atoms with Crippen molar-refractivity contribution in [3.63, 3.8) is 0 Å². The van der Waals surface area contributed by atoms with Crippen LogP contribution in [0.25, 0.3) is 0 Å². The minimum Gasteiger partial charge on any atom is -0.491 e. The molecule has 0 bridgehead atoms. The molecular formula is C16H20FN3O. The van der Waals surface area contributed by atoms with E-state index in [0.717, 1.165) is 5.56 Å². The maximum Gasteiger partial charge on any atom is 0.124 e.